The molecule has 8 rings (SSSR count). The molecule has 72 heavy (non-hydrogen) atoms. The van der Waals surface area contributed by atoms with E-state index in [2.05, 4.69) is 31.0 Å². The average molecular weight is 1010 g/mol. The Kier molecular flexibility index (Phi) is 17.1. The fourth-order valence-electron chi connectivity index (χ4n) is 9.73. The van der Waals surface area contributed by atoms with Gasteiger partial charge in [-0.25, -0.2) is 19.8 Å². The van der Waals surface area contributed by atoms with Gasteiger partial charge in [-0.05, 0) is 99.9 Å². The maximum absolute atomic E-state index is 13.3. The van der Waals surface area contributed by atoms with Gasteiger partial charge in [0.15, 0.2) is 11.6 Å². The van der Waals surface area contributed by atoms with Gasteiger partial charge in [0.1, 0.15) is 13.2 Å². The standard InChI is InChI=1S/2C26H31F3N4O3/c2*1-17-11-19(13-21(12-17)26(27,28)29)18(2)36-16-25(20-7-5-4-6-8-20)10-9-22(14-30-25)33-23(15-35-3)31-32-24(33)34/h2*4-8,11-13,18,22,30H,9-10,14-16H2,1-3H3,(H,32,34)/t18-,22+,25-;18-,22-,25-/m11/s1. The van der Waals surface area contributed by atoms with E-state index in [4.69, 9.17) is 18.9 Å². The first-order chi connectivity index (χ1) is 34.3. The van der Waals surface area contributed by atoms with Gasteiger partial charge in [0.25, 0.3) is 0 Å². The van der Waals surface area contributed by atoms with Crippen molar-refractivity contribution in [3.05, 3.63) is 174 Å². The fourth-order valence-corrected chi connectivity index (χ4v) is 9.73. The summed E-state index contributed by atoms with van der Waals surface area (Å²) in [6, 6.07) is 27.5. The van der Waals surface area contributed by atoms with Gasteiger partial charge in [-0.3, -0.25) is 9.13 Å². The molecular formula is C52H62F6N8O6. The number of rotatable bonds is 16. The summed E-state index contributed by atoms with van der Waals surface area (Å²) in [5, 5.41) is 20.3. The highest BCUT2D eigenvalue weighted by Crippen LogP contribution is 2.39. The molecule has 20 heteroatoms. The summed E-state index contributed by atoms with van der Waals surface area (Å²) in [7, 11) is 3.10. The van der Waals surface area contributed by atoms with Crippen LogP contribution in [0.25, 0.3) is 0 Å². The lowest BCUT2D eigenvalue weighted by Gasteiger charge is -2.42. The molecular weight excluding hydrogens is 947 g/mol. The van der Waals surface area contributed by atoms with E-state index < -0.39 is 46.8 Å². The van der Waals surface area contributed by atoms with E-state index in [1.54, 1.807) is 63.2 Å². The van der Waals surface area contributed by atoms with Crippen LogP contribution < -0.4 is 22.0 Å². The fraction of sp³-hybridized carbons (Fsp3) is 0.462. The van der Waals surface area contributed by atoms with Crippen molar-refractivity contribution in [2.75, 3.05) is 40.5 Å². The number of halogens is 6. The van der Waals surface area contributed by atoms with E-state index >= 15 is 0 Å². The lowest BCUT2D eigenvalue weighted by molar-refractivity contribution is -0.138. The Morgan fingerprint density at radius 3 is 1.31 bits per heavy atom. The quantitative estimate of drug-likeness (QED) is 0.0688. The highest BCUT2D eigenvalue weighted by Gasteiger charge is 2.41. The Morgan fingerprint density at radius 1 is 0.611 bits per heavy atom. The van der Waals surface area contributed by atoms with Crippen molar-refractivity contribution in [3.8, 4) is 0 Å². The van der Waals surface area contributed by atoms with E-state index in [1.165, 1.54) is 0 Å². The summed E-state index contributed by atoms with van der Waals surface area (Å²) in [5.74, 6) is 1.07. The van der Waals surface area contributed by atoms with Gasteiger partial charge in [-0.15, -0.1) is 0 Å². The first kappa shape index (κ1) is 53.9. The molecule has 0 spiro atoms. The number of aryl methyl sites for hydroxylation is 2. The van der Waals surface area contributed by atoms with E-state index in [0.717, 1.165) is 35.4 Å². The molecule has 0 unspecified atom stereocenters. The second kappa shape index (κ2) is 22.9. The van der Waals surface area contributed by atoms with Crippen molar-refractivity contribution in [2.24, 2.45) is 0 Å². The zero-order chi connectivity index (χ0) is 51.8. The Hall–Kier alpha value is -5.90. The minimum Gasteiger partial charge on any atom is -0.377 e. The Labute approximate surface area is 413 Å². The van der Waals surface area contributed by atoms with Gasteiger partial charge in [0.05, 0.1) is 59.7 Å². The van der Waals surface area contributed by atoms with E-state index in [-0.39, 0.29) is 49.9 Å². The van der Waals surface area contributed by atoms with Gasteiger partial charge in [0, 0.05) is 27.3 Å². The molecule has 2 aromatic heterocycles. The number of ether oxygens (including phenoxy) is 4. The van der Waals surface area contributed by atoms with Crippen molar-refractivity contribution < 1.29 is 45.3 Å². The maximum atomic E-state index is 13.3. The second-order valence-corrected chi connectivity index (χ2v) is 18.7. The van der Waals surface area contributed by atoms with Gasteiger partial charge >= 0.3 is 23.7 Å². The van der Waals surface area contributed by atoms with E-state index in [0.29, 0.717) is 72.7 Å². The van der Waals surface area contributed by atoms with Gasteiger partial charge < -0.3 is 29.6 Å². The van der Waals surface area contributed by atoms with Crippen LogP contribution in [0.15, 0.2) is 107 Å². The molecule has 2 saturated heterocycles. The number of aromatic amines is 2. The number of hydrogen-bond acceptors (Lipinski definition) is 10. The van der Waals surface area contributed by atoms with Crippen molar-refractivity contribution in [1.29, 1.82) is 0 Å². The molecule has 0 radical (unpaired) electrons. The van der Waals surface area contributed by atoms with E-state index in [1.807, 2.05) is 60.7 Å². The summed E-state index contributed by atoms with van der Waals surface area (Å²) in [6.07, 6.45) is -7.26. The second-order valence-electron chi connectivity index (χ2n) is 18.7. The average Bonchev–Trinajstić information content (AvgIpc) is 3.92. The Morgan fingerprint density at radius 2 is 0.986 bits per heavy atom. The number of benzene rings is 4. The molecule has 0 aliphatic carbocycles. The summed E-state index contributed by atoms with van der Waals surface area (Å²) in [6.45, 7) is 8.76. The number of hydrogen-bond donors (Lipinski definition) is 4. The lowest BCUT2D eigenvalue weighted by atomic mass is 9.81. The molecule has 4 aromatic carbocycles. The van der Waals surface area contributed by atoms with Crippen LogP contribution in [0, 0.1) is 13.8 Å². The highest BCUT2D eigenvalue weighted by molar-refractivity contribution is 5.34. The topological polar surface area (TPSA) is 162 Å². The zero-order valence-corrected chi connectivity index (χ0v) is 41.1. The molecule has 0 bridgehead atoms. The first-order valence-corrected chi connectivity index (χ1v) is 23.8. The minimum absolute atomic E-state index is 0.123. The normalized spacial score (nSPS) is 21.4. The van der Waals surface area contributed by atoms with Crippen LogP contribution in [-0.4, -0.2) is 70.1 Å². The monoisotopic (exact) mass is 1010 g/mol. The summed E-state index contributed by atoms with van der Waals surface area (Å²) in [4.78, 5) is 24.8. The first-order valence-electron chi connectivity index (χ1n) is 23.8. The molecule has 14 nitrogen and oxygen atoms in total. The lowest BCUT2D eigenvalue weighted by Crippen LogP contribution is -2.53. The third kappa shape index (κ3) is 12.6. The summed E-state index contributed by atoms with van der Waals surface area (Å²) < 4.78 is 106. The molecule has 4 heterocycles. The molecule has 4 N–H and O–H groups in total. The summed E-state index contributed by atoms with van der Waals surface area (Å²) >= 11 is 0. The Balaban J connectivity index is 0.000000211. The molecule has 0 amide bonds. The SMILES string of the molecule is COCc1n[nH]c(=O)n1[C@@H]1CC[C@@](CO[C@H](C)c2cc(C)cc(C(F)(F)F)c2)(c2ccccc2)NC1.COCc1n[nH]c(=O)n1[C@H]1CC[C@@](CO[C@H](C)c2cc(C)cc(C(F)(F)F)c2)(c2ccccc2)NC1. The van der Waals surface area contributed by atoms with Crippen LogP contribution in [-0.2, 0) is 55.6 Å². The van der Waals surface area contributed by atoms with Crippen LogP contribution in [0.1, 0.15) is 120 Å². The van der Waals surface area contributed by atoms with Crippen LogP contribution in [0.4, 0.5) is 26.3 Å². The number of piperidine rings is 2. The van der Waals surface area contributed by atoms with Crippen LogP contribution >= 0.6 is 0 Å². The van der Waals surface area contributed by atoms with Crippen molar-refractivity contribution >= 4 is 0 Å². The van der Waals surface area contributed by atoms with Crippen LogP contribution in [0.2, 0.25) is 0 Å². The third-order valence-corrected chi connectivity index (χ3v) is 13.6. The molecule has 388 valence electrons. The summed E-state index contributed by atoms with van der Waals surface area (Å²) in [5.41, 5.74) is 1.02. The van der Waals surface area contributed by atoms with Crippen LogP contribution in [0.3, 0.4) is 0 Å². The predicted molar refractivity (Wildman–Crippen MR) is 257 cm³/mol. The van der Waals surface area contributed by atoms with Crippen LogP contribution in [0.5, 0.6) is 0 Å². The molecule has 2 fully saturated rings. The van der Waals surface area contributed by atoms with E-state index in [9.17, 15) is 35.9 Å². The smallest absolute Gasteiger partial charge is 0.377 e. The molecule has 0 saturated carbocycles. The van der Waals surface area contributed by atoms with Gasteiger partial charge in [-0.2, -0.15) is 36.5 Å². The number of H-pyrrole nitrogens is 2. The number of alkyl halides is 6. The molecule has 2 aliphatic rings. The zero-order valence-electron chi connectivity index (χ0n) is 41.1. The molecule has 2 aliphatic heterocycles. The number of nitrogens with one attached hydrogen (secondary N) is 4. The van der Waals surface area contributed by atoms with Gasteiger partial charge in [-0.1, -0.05) is 83.9 Å². The van der Waals surface area contributed by atoms with Crippen molar-refractivity contribution in [2.45, 2.75) is 114 Å². The van der Waals surface area contributed by atoms with Crippen molar-refractivity contribution in [1.82, 2.24) is 40.2 Å². The minimum atomic E-state index is -4.42. The third-order valence-electron chi connectivity index (χ3n) is 13.6. The largest absolute Gasteiger partial charge is 0.416 e. The Bertz CT molecular complexity index is 2620. The molecule has 6 aromatic rings. The molecule has 6 atom stereocenters. The van der Waals surface area contributed by atoms with Gasteiger partial charge in [0.2, 0.25) is 0 Å². The van der Waals surface area contributed by atoms with Crippen molar-refractivity contribution in [3.63, 3.8) is 0 Å². The number of methoxy groups -OCH3 is 2. The highest BCUT2D eigenvalue weighted by atomic mass is 19.4. The predicted octanol–water partition coefficient (Wildman–Crippen LogP) is 9.29. The number of nitrogens with zero attached hydrogens (tertiary/aromatic N) is 4. The maximum Gasteiger partial charge on any atom is 0.416 e. The number of aromatic nitrogens is 6.